The lowest BCUT2D eigenvalue weighted by atomic mass is 10.1. The van der Waals surface area contributed by atoms with E-state index < -0.39 is 0 Å². The zero-order chi connectivity index (χ0) is 20.6. The SMILES string of the molecule is c1cnc2ccc(Cn3nnc4ccc(-c5cnn(C6CCOCC6)c5)nc43)cc2c1. The second kappa shape index (κ2) is 7.55. The molecule has 5 aromatic rings. The number of rotatable bonds is 4. The van der Waals surface area contributed by atoms with Crippen LogP contribution in [0.15, 0.2) is 61.1 Å². The molecule has 0 atom stereocenters. The van der Waals surface area contributed by atoms with Crippen LogP contribution in [-0.4, -0.2) is 48.0 Å². The molecule has 154 valence electrons. The highest BCUT2D eigenvalue weighted by atomic mass is 16.5. The topological polar surface area (TPSA) is 83.5 Å². The van der Waals surface area contributed by atoms with Gasteiger partial charge in [-0.15, -0.1) is 5.10 Å². The van der Waals surface area contributed by atoms with Crippen molar-refractivity contribution >= 4 is 22.1 Å². The largest absolute Gasteiger partial charge is 0.381 e. The lowest BCUT2D eigenvalue weighted by Gasteiger charge is -2.22. The van der Waals surface area contributed by atoms with Crippen LogP contribution in [0.3, 0.4) is 0 Å². The third-order valence-corrected chi connectivity index (χ3v) is 5.82. The fraction of sp³-hybridized carbons (Fsp3) is 0.261. The lowest BCUT2D eigenvalue weighted by molar-refractivity contribution is 0.0662. The first-order chi connectivity index (χ1) is 15.3. The average Bonchev–Trinajstić information content (AvgIpc) is 3.47. The predicted octanol–water partition coefficient (Wildman–Crippen LogP) is 3.64. The maximum absolute atomic E-state index is 5.46. The normalized spacial score (nSPS) is 15.1. The van der Waals surface area contributed by atoms with Crippen LogP contribution in [0.1, 0.15) is 24.4 Å². The van der Waals surface area contributed by atoms with E-state index in [1.807, 2.05) is 46.0 Å². The standard InChI is InChI=1S/C23H21N7O/c1-2-17-12-16(3-4-20(17)24-9-1)14-30-23-22(27-28-30)6-5-21(26-23)18-13-25-29(15-18)19-7-10-31-11-8-19/h1-6,9,12-13,15,19H,7-8,10-11,14H2. The van der Waals surface area contributed by atoms with Crippen LogP contribution >= 0.6 is 0 Å². The molecular formula is C23H21N7O. The Morgan fingerprint density at radius 3 is 2.87 bits per heavy atom. The van der Waals surface area contributed by atoms with Crippen molar-refractivity contribution in [3.63, 3.8) is 0 Å². The molecule has 0 bridgehead atoms. The van der Waals surface area contributed by atoms with Crippen molar-refractivity contribution < 1.29 is 4.74 Å². The van der Waals surface area contributed by atoms with Crippen LogP contribution in [0, 0.1) is 0 Å². The second-order valence-electron chi connectivity index (χ2n) is 7.87. The Balaban J connectivity index is 1.31. The Hall–Kier alpha value is -3.65. The molecule has 0 radical (unpaired) electrons. The van der Waals surface area contributed by atoms with Gasteiger partial charge in [0.25, 0.3) is 0 Å². The van der Waals surface area contributed by atoms with Crippen molar-refractivity contribution in [3.05, 3.63) is 66.6 Å². The first-order valence-corrected chi connectivity index (χ1v) is 10.5. The summed E-state index contributed by atoms with van der Waals surface area (Å²) in [5.41, 5.74) is 5.53. The summed E-state index contributed by atoms with van der Waals surface area (Å²) in [6.45, 7) is 2.18. The smallest absolute Gasteiger partial charge is 0.179 e. The van der Waals surface area contributed by atoms with Crippen LogP contribution in [-0.2, 0) is 11.3 Å². The van der Waals surface area contributed by atoms with Crippen LogP contribution in [0.25, 0.3) is 33.3 Å². The van der Waals surface area contributed by atoms with Crippen LogP contribution in [0.5, 0.6) is 0 Å². The molecule has 1 fully saturated rings. The summed E-state index contributed by atoms with van der Waals surface area (Å²) in [6.07, 6.45) is 7.75. The summed E-state index contributed by atoms with van der Waals surface area (Å²) < 4.78 is 9.35. The van der Waals surface area contributed by atoms with E-state index in [1.165, 1.54) is 0 Å². The van der Waals surface area contributed by atoms with Gasteiger partial charge in [-0.1, -0.05) is 17.3 Å². The van der Waals surface area contributed by atoms with Gasteiger partial charge >= 0.3 is 0 Å². The molecule has 0 N–H and O–H groups in total. The number of fused-ring (bicyclic) bond motifs is 2. The minimum atomic E-state index is 0.390. The first-order valence-electron chi connectivity index (χ1n) is 10.5. The molecule has 0 saturated carbocycles. The van der Waals surface area contributed by atoms with Gasteiger partial charge in [0, 0.05) is 36.6 Å². The number of aromatic nitrogens is 7. The van der Waals surface area contributed by atoms with Gasteiger partial charge in [0.05, 0.1) is 30.0 Å². The first kappa shape index (κ1) is 18.1. The van der Waals surface area contributed by atoms with Crippen LogP contribution in [0.2, 0.25) is 0 Å². The van der Waals surface area contributed by atoms with E-state index in [4.69, 9.17) is 9.72 Å². The third kappa shape index (κ3) is 3.44. The van der Waals surface area contributed by atoms with E-state index >= 15 is 0 Å². The van der Waals surface area contributed by atoms with Gasteiger partial charge in [-0.25, -0.2) is 9.67 Å². The fourth-order valence-electron chi connectivity index (χ4n) is 4.14. The molecule has 0 spiro atoms. The molecule has 6 rings (SSSR count). The lowest BCUT2D eigenvalue weighted by Crippen LogP contribution is -2.19. The minimum absolute atomic E-state index is 0.390. The number of nitrogens with zero attached hydrogens (tertiary/aromatic N) is 7. The molecule has 0 amide bonds. The zero-order valence-corrected chi connectivity index (χ0v) is 16.9. The van der Waals surface area contributed by atoms with E-state index in [-0.39, 0.29) is 0 Å². The summed E-state index contributed by atoms with van der Waals surface area (Å²) in [5.74, 6) is 0. The highest BCUT2D eigenvalue weighted by Gasteiger charge is 2.17. The minimum Gasteiger partial charge on any atom is -0.381 e. The molecule has 1 saturated heterocycles. The molecule has 31 heavy (non-hydrogen) atoms. The molecule has 8 heteroatoms. The molecule has 0 aliphatic carbocycles. The van der Waals surface area contributed by atoms with Crippen molar-refractivity contribution in [3.8, 4) is 11.3 Å². The number of hydrogen-bond donors (Lipinski definition) is 0. The molecular weight excluding hydrogens is 390 g/mol. The van der Waals surface area contributed by atoms with Crippen molar-refractivity contribution in [2.24, 2.45) is 0 Å². The predicted molar refractivity (Wildman–Crippen MR) is 116 cm³/mol. The van der Waals surface area contributed by atoms with E-state index in [1.54, 1.807) is 0 Å². The van der Waals surface area contributed by atoms with Crippen molar-refractivity contribution in [1.29, 1.82) is 0 Å². The average molecular weight is 411 g/mol. The van der Waals surface area contributed by atoms with Crippen LogP contribution < -0.4 is 0 Å². The van der Waals surface area contributed by atoms with Gasteiger partial charge in [0.2, 0.25) is 0 Å². The van der Waals surface area contributed by atoms with Gasteiger partial charge in [-0.05, 0) is 48.7 Å². The summed E-state index contributed by atoms with van der Waals surface area (Å²) in [6, 6.07) is 14.6. The maximum Gasteiger partial charge on any atom is 0.179 e. The quantitative estimate of drug-likeness (QED) is 0.449. The summed E-state index contributed by atoms with van der Waals surface area (Å²) in [7, 11) is 0. The summed E-state index contributed by atoms with van der Waals surface area (Å²) in [4.78, 5) is 9.26. The van der Waals surface area contributed by atoms with Gasteiger partial charge in [0.1, 0.15) is 5.52 Å². The third-order valence-electron chi connectivity index (χ3n) is 5.82. The zero-order valence-electron chi connectivity index (χ0n) is 16.9. The van der Waals surface area contributed by atoms with Crippen molar-refractivity contribution in [2.45, 2.75) is 25.4 Å². The number of benzene rings is 1. The van der Waals surface area contributed by atoms with Gasteiger partial charge in [-0.3, -0.25) is 9.67 Å². The molecule has 1 aliphatic rings. The molecule has 1 aliphatic heterocycles. The van der Waals surface area contributed by atoms with Gasteiger partial charge in [0.15, 0.2) is 5.65 Å². The number of hydrogen-bond acceptors (Lipinski definition) is 6. The van der Waals surface area contributed by atoms with E-state index in [2.05, 4.69) is 44.8 Å². The monoisotopic (exact) mass is 411 g/mol. The summed E-state index contributed by atoms with van der Waals surface area (Å²) >= 11 is 0. The Bertz CT molecular complexity index is 1370. The highest BCUT2D eigenvalue weighted by Crippen LogP contribution is 2.25. The van der Waals surface area contributed by atoms with Gasteiger partial charge < -0.3 is 4.74 Å². The Morgan fingerprint density at radius 2 is 1.94 bits per heavy atom. The molecule has 1 aromatic carbocycles. The maximum atomic E-state index is 5.46. The Morgan fingerprint density at radius 1 is 1.03 bits per heavy atom. The Labute approximate surface area is 178 Å². The van der Waals surface area contributed by atoms with E-state index in [9.17, 15) is 0 Å². The molecule has 4 aromatic heterocycles. The van der Waals surface area contributed by atoms with Crippen molar-refractivity contribution in [2.75, 3.05) is 13.2 Å². The van der Waals surface area contributed by atoms with Crippen LogP contribution in [0.4, 0.5) is 0 Å². The second-order valence-corrected chi connectivity index (χ2v) is 7.87. The van der Waals surface area contributed by atoms with E-state index in [0.717, 1.165) is 64.9 Å². The number of pyridine rings is 2. The van der Waals surface area contributed by atoms with E-state index in [0.29, 0.717) is 12.6 Å². The molecule has 0 unspecified atom stereocenters. The van der Waals surface area contributed by atoms with Crippen molar-refractivity contribution in [1.82, 2.24) is 34.7 Å². The van der Waals surface area contributed by atoms with Gasteiger partial charge in [-0.2, -0.15) is 5.10 Å². The number of ether oxygens (including phenoxy) is 1. The highest BCUT2D eigenvalue weighted by molar-refractivity contribution is 5.79. The Kier molecular flexibility index (Phi) is 4.42. The molecule has 5 heterocycles. The summed E-state index contributed by atoms with van der Waals surface area (Å²) in [5, 5.41) is 14.3. The fourth-order valence-corrected chi connectivity index (χ4v) is 4.14. The molecule has 8 nitrogen and oxygen atoms in total.